The molecule has 1 rings (SSSR count). The molecule has 0 saturated carbocycles. The minimum atomic E-state index is -1.31. The number of hydrogen-bond acceptors (Lipinski definition) is 5. The number of hydrogen-bond donors (Lipinski definition) is 5. The van der Waals surface area contributed by atoms with E-state index in [1.54, 1.807) is 0 Å². The largest absolute Gasteiger partial charge is 0.504 e. The highest BCUT2D eigenvalue weighted by Crippen LogP contribution is 2.28. The first-order valence-corrected chi connectivity index (χ1v) is 4.57. The average Bonchev–Trinajstić information content (AvgIpc) is 2.22. The van der Waals surface area contributed by atoms with Crippen LogP contribution in [-0.2, 0) is 4.79 Å². The van der Waals surface area contributed by atoms with Gasteiger partial charge in [0.25, 0.3) is 0 Å². The Balaban J connectivity index is 2.99. The molecular formula is C10H13NO5. The molecule has 0 aliphatic carbocycles. The van der Waals surface area contributed by atoms with Gasteiger partial charge in [0, 0.05) is 0 Å². The Morgan fingerprint density at radius 2 is 1.94 bits per heavy atom. The number of aliphatic hydroxyl groups is 1. The van der Waals surface area contributed by atoms with E-state index in [9.17, 15) is 15.0 Å². The molecule has 0 radical (unpaired) electrons. The van der Waals surface area contributed by atoms with Gasteiger partial charge in [-0.15, -0.1) is 0 Å². The molecule has 0 amide bonds. The molecule has 6 heteroatoms. The molecule has 6 nitrogen and oxygen atoms in total. The van der Waals surface area contributed by atoms with Crippen LogP contribution in [-0.4, -0.2) is 39.5 Å². The fraction of sp³-hybridized carbons (Fsp3) is 0.300. The Kier molecular flexibility index (Phi) is 3.70. The number of carbonyl (C=O) groups is 1. The van der Waals surface area contributed by atoms with E-state index in [0.717, 1.165) is 6.07 Å². The third-order valence-corrected chi connectivity index (χ3v) is 2.23. The van der Waals surface area contributed by atoms with Gasteiger partial charge < -0.3 is 25.7 Å². The minimum absolute atomic E-state index is 0.206. The van der Waals surface area contributed by atoms with Crippen LogP contribution in [0.25, 0.3) is 0 Å². The normalized spacial score (nSPS) is 14.4. The number of rotatable bonds is 4. The lowest BCUT2D eigenvalue weighted by Gasteiger charge is -2.18. The first-order valence-electron chi connectivity index (χ1n) is 4.57. The van der Waals surface area contributed by atoms with E-state index in [1.807, 2.05) is 0 Å². The number of carboxylic acids is 1. The molecule has 0 unspecified atom stereocenters. The second kappa shape index (κ2) is 4.82. The van der Waals surface area contributed by atoms with Gasteiger partial charge in [-0.25, -0.2) is 0 Å². The molecular weight excluding hydrogens is 214 g/mol. The highest BCUT2D eigenvalue weighted by Gasteiger charge is 2.26. The molecule has 0 spiro atoms. The van der Waals surface area contributed by atoms with Crippen molar-refractivity contribution in [2.24, 2.45) is 0 Å². The summed E-state index contributed by atoms with van der Waals surface area (Å²) in [6.07, 6.45) is -1.31. The van der Waals surface area contributed by atoms with E-state index in [1.165, 1.54) is 19.2 Å². The third-order valence-electron chi connectivity index (χ3n) is 2.23. The first kappa shape index (κ1) is 12.3. The molecule has 16 heavy (non-hydrogen) atoms. The summed E-state index contributed by atoms with van der Waals surface area (Å²) in [6.45, 7) is 0. The van der Waals surface area contributed by atoms with Crippen LogP contribution in [0.3, 0.4) is 0 Å². The first-order chi connectivity index (χ1) is 7.47. The Hall–Kier alpha value is -1.79. The highest BCUT2D eigenvalue weighted by molar-refractivity contribution is 5.74. The van der Waals surface area contributed by atoms with E-state index < -0.39 is 23.9 Å². The molecule has 1 aromatic rings. The zero-order valence-corrected chi connectivity index (χ0v) is 8.58. The summed E-state index contributed by atoms with van der Waals surface area (Å²) < 4.78 is 0. The summed E-state index contributed by atoms with van der Waals surface area (Å²) in [7, 11) is 1.41. The van der Waals surface area contributed by atoms with Crippen molar-refractivity contribution >= 4 is 5.97 Å². The maximum Gasteiger partial charge on any atom is 0.323 e. The zero-order chi connectivity index (χ0) is 12.3. The Bertz CT molecular complexity index is 393. The van der Waals surface area contributed by atoms with Gasteiger partial charge in [-0.3, -0.25) is 4.79 Å². The van der Waals surface area contributed by atoms with Crippen LogP contribution in [0.5, 0.6) is 11.5 Å². The number of phenolic OH excluding ortho intramolecular Hbond substituents is 2. The fourth-order valence-corrected chi connectivity index (χ4v) is 1.33. The van der Waals surface area contributed by atoms with E-state index >= 15 is 0 Å². The van der Waals surface area contributed by atoms with Gasteiger partial charge in [-0.05, 0) is 24.7 Å². The lowest BCUT2D eigenvalue weighted by molar-refractivity contribution is -0.142. The van der Waals surface area contributed by atoms with Crippen LogP contribution in [0.2, 0.25) is 0 Å². The van der Waals surface area contributed by atoms with Crippen LogP contribution in [0, 0.1) is 0 Å². The molecule has 0 aliphatic rings. The summed E-state index contributed by atoms with van der Waals surface area (Å²) in [6, 6.07) is 2.46. The molecule has 0 bridgehead atoms. The second-order valence-electron chi connectivity index (χ2n) is 3.30. The van der Waals surface area contributed by atoms with Crippen LogP contribution in [0.4, 0.5) is 0 Å². The van der Waals surface area contributed by atoms with Crippen molar-refractivity contribution in [1.82, 2.24) is 5.32 Å². The van der Waals surface area contributed by atoms with Gasteiger partial charge in [0.15, 0.2) is 11.5 Å². The number of aliphatic hydroxyl groups excluding tert-OH is 1. The molecule has 5 N–H and O–H groups in total. The van der Waals surface area contributed by atoms with Gasteiger partial charge in [0.05, 0.1) is 0 Å². The maximum absolute atomic E-state index is 10.8. The molecule has 0 fully saturated rings. The van der Waals surface area contributed by atoms with Crippen LogP contribution in [0.1, 0.15) is 11.7 Å². The molecule has 2 atom stereocenters. The molecule has 0 saturated heterocycles. The lowest BCUT2D eigenvalue weighted by Crippen LogP contribution is -2.39. The summed E-state index contributed by atoms with van der Waals surface area (Å²) in [5.74, 6) is -1.94. The monoisotopic (exact) mass is 227 g/mol. The number of aromatic hydroxyl groups is 2. The van der Waals surface area contributed by atoms with Gasteiger partial charge in [0.1, 0.15) is 12.1 Å². The van der Waals surface area contributed by atoms with Gasteiger partial charge >= 0.3 is 5.97 Å². The van der Waals surface area contributed by atoms with E-state index in [2.05, 4.69) is 5.32 Å². The summed E-state index contributed by atoms with van der Waals surface area (Å²) in [5, 5.41) is 39.2. The van der Waals surface area contributed by atoms with Crippen molar-refractivity contribution < 1.29 is 25.2 Å². The second-order valence-corrected chi connectivity index (χ2v) is 3.30. The molecule has 0 aromatic heterocycles. The maximum atomic E-state index is 10.8. The number of benzene rings is 1. The Labute approximate surface area is 91.8 Å². The van der Waals surface area contributed by atoms with Crippen molar-refractivity contribution in [2.45, 2.75) is 12.1 Å². The number of carboxylic acid groups (broad SMARTS) is 1. The fourth-order valence-electron chi connectivity index (χ4n) is 1.33. The molecule has 0 heterocycles. The number of nitrogens with one attached hydrogen (secondary N) is 1. The number of aliphatic carboxylic acids is 1. The quantitative estimate of drug-likeness (QED) is 0.456. The van der Waals surface area contributed by atoms with Crippen molar-refractivity contribution in [3.05, 3.63) is 23.8 Å². The third kappa shape index (κ3) is 2.41. The molecule has 1 aromatic carbocycles. The van der Waals surface area contributed by atoms with E-state index in [-0.39, 0.29) is 11.3 Å². The van der Waals surface area contributed by atoms with Crippen LogP contribution < -0.4 is 5.32 Å². The summed E-state index contributed by atoms with van der Waals surface area (Å²) in [4.78, 5) is 10.8. The van der Waals surface area contributed by atoms with Crippen LogP contribution >= 0.6 is 0 Å². The predicted molar refractivity (Wildman–Crippen MR) is 55.2 cm³/mol. The Morgan fingerprint density at radius 1 is 1.31 bits per heavy atom. The molecule has 88 valence electrons. The smallest absolute Gasteiger partial charge is 0.323 e. The topological polar surface area (TPSA) is 110 Å². The lowest BCUT2D eigenvalue weighted by atomic mass is 10.0. The van der Waals surface area contributed by atoms with E-state index in [0.29, 0.717) is 0 Å². The van der Waals surface area contributed by atoms with Crippen molar-refractivity contribution in [1.29, 1.82) is 0 Å². The zero-order valence-electron chi connectivity index (χ0n) is 8.58. The molecule has 0 aliphatic heterocycles. The SMILES string of the molecule is CN[C@@H](C(=O)O)[C@@H](O)c1ccc(O)c(O)c1. The van der Waals surface area contributed by atoms with Crippen molar-refractivity contribution in [3.8, 4) is 11.5 Å². The number of likely N-dealkylation sites (N-methyl/N-ethyl adjacent to an activating group) is 1. The number of phenols is 2. The van der Waals surface area contributed by atoms with Gasteiger partial charge in [0.2, 0.25) is 0 Å². The highest BCUT2D eigenvalue weighted by atomic mass is 16.4. The average molecular weight is 227 g/mol. The van der Waals surface area contributed by atoms with E-state index in [4.69, 9.17) is 10.2 Å². The minimum Gasteiger partial charge on any atom is -0.504 e. The van der Waals surface area contributed by atoms with Crippen molar-refractivity contribution in [3.63, 3.8) is 0 Å². The Morgan fingerprint density at radius 3 is 2.38 bits per heavy atom. The van der Waals surface area contributed by atoms with Crippen molar-refractivity contribution in [2.75, 3.05) is 7.05 Å². The van der Waals surface area contributed by atoms with Gasteiger partial charge in [-0.1, -0.05) is 6.07 Å². The van der Waals surface area contributed by atoms with Gasteiger partial charge in [-0.2, -0.15) is 0 Å². The van der Waals surface area contributed by atoms with Crippen LogP contribution in [0.15, 0.2) is 18.2 Å². The summed E-state index contributed by atoms with van der Waals surface area (Å²) >= 11 is 0. The predicted octanol–water partition coefficient (Wildman–Crippen LogP) is -0.196. The standard InChI is InChI=1S/C10H13NO5/c1-11-8(10(15)16)9(14)5-2-3-6(12)7(13)4-5/h2-4,8-9,11-14H,1H3,(H,15,16)/t8-,9+/m1/s1. The summed E-state index contributed by atoms with van der Waals surface area (Å²) in [5.41, 5.74) is 0.206.